The van der Waals surface area contributed by atoms with Gasteiger partial charge in [-0.05, 0) is 36.8 Å². The molecule has 1 aromatic rings. The van der Waals surface area contributed by atoms with Crippen molar-refractivity contribution in [2.24, 2.45) is 18.4 Å². The number of carbonyl (C=O) groups excluding carboxylic acids is 2. The van der Waals surface area contributed by atoms with E-state index in [9.17, 15) is 9.59 Å². The summed E-state index contributed by atoms with van der Waals surface area (Å²) >= 11 is 0. The summed E-state index contributed by atoms with van der Waals surface area (Å²) in [5.74, 6) is 0.298. The van der Waals surface area contributed by atoms with Crippen LogP contribution in [0.3, 0.4) is 0 Å². The van der Waals surface area contributed by atoms with Crippen LogP contribution in [0.25, 0.3) is 0 Å². The molecule has 2 amide bonds. The summed E-state index contributed by atoms with van der Waals surface area (Å²) in [6.45, 7) is 5.42. The van der Waals surface area contributed by atoms with E-state index in [2.05, 4.69) is 5.32 Å². The number of piperidine rings is 1. The van der Waals surface area contributed by atoms with E-state index >= 15 is 0 Å². The molecule has 2 heterocycles. The highest BCUT2D eigenvalue weighted by Gasteiger charge is 2.56. The molecule has 0 radical (unpaired) electrons. The Hall–Kier alpha value is -1.78. The smallest absolute Gasteiger partial charge is 0.270 e. The molecule has 1 spiro atoms. The zero-order valence-electron chi connectivity index (χ0n) is 13.6. The Morgan fingerprint density at radius 3 is 2.55 bits per heavy atom. The van der Waals surface area contributed by atoms with Crippen LogP contribution < -0.4 is 5.32 Å². The van der Waals surface area contributed by atoms with Crippen LogP contribution in [0.5, 0.6) is 0 Å². The monoisotopic (exact) mass is 303 g/mol. The van der Waals surface area contributed by atoms with Gasteiger partial charge in [0.1, 0.15) is 5.69 Å². The number of carbonyl (C=O) groups is 2. The molecule has 1 N–H and O–H groups in total. The number of nitrogens with one attached hydrogen (secondary N) is 1. The lowest BCUT2D eigenvalue weighted by atomic mass is 9.92. The summed E-state index contributed by atoms with van der Waals surface area (Å²) in [5.41, 5.74) is 0.992. The number of nitrogens with zero attached hydrogens (tertiary/aromatic N) is 2. The number of hydrogen-bond donors (Lipinski definition) is 1. The highest BCUT2D eigenvalue weighted by Crippen LogP contribution is 2.54. The molecule has 1 aromatic heterocycles. The van der Waals surface area contributed by atoms with Gasteiger partial charge in [-0.1, -0.05) is 13.8 Å². The van der Waals surface area contributed by atoms with E-state index in [0.717, 1.165) is 38.0 Å². The van der Waals surface area contributed by atoms with E-state index in [4.69, 9.17) is 0 Å². The van der Waals surface area contributed by atoms with Gasteiger partial charge >= 0.3 is 0 Å². The molecule has 5 nitrogen and oxygen atoms in total. The van der Waals surface area contributed by atoms with Gasteiger partial charge in [-0.3, -0.25) is 9.59 Å². The predicted molar refractivity (Wildman–Crippen MR) is 84.4 cm³/mol. The van der Waals surface area contributed by atoms with Gasteiger partial charge in [-0.2, -0.15) is 0 Å². The lowest BCUT2D eigenvalue weighted by Gasteiger charge is -2.33. The van der Waals surface area contributed by atoms with Gasteiger partial charge in [0.2, 0.25) is 5.91 Å². The Morgan fingerprint density at radius 2 is 2.00 bits per heavy atom. The van der Waals surface area contributed by atoms with Crippen molar-refractivity contribution in [1.82, 2.24) is 14.8 Å². The maximum Gasteiger partial charge on any atom is 0.270 e. The zero-order valence-corrected chi connectivity index (χ0v) is 13.6. The number of rotatable bonds is 3. The van der Waals surface area contributed by atoms with Crippen molar-refractivity contribution in [2.75, 3.05) is 13.1 Å². The van der Waals surface area contributed by atoms with Crippen LogP contribution in [0.2, 0.25) is 0 Å². The Morgan fingerprint density at radius 1 is 1.32 bits per heavy atom. The number of aromatic nitrogens is 1. The third kappa shape index (κ3) is 2.64. The van der Waals surface area contributed by atoms with E-state index in [1.165, 1.54) is 0 Å². The van der Waals surface area contributed by atoms with E-state index in [1.807, 2.05) is 48.7 Å². The molecular formula is C17H25N3O2. The first-order chi connectivity index (χ1) is 10.4. The van der Waals surface area contributed by atoms with Gasteiger partial charge in [0.25, 0.3) is 5.91 Å². The minimum Gasteiger partial charge on any atom is -0.353 e. The Labute approximate surface area is 131 Å². The summed E-state index contributed by atoms with van der Waals surface area (Å²) in [7, 11) is 1.90. The van der Waals surface area contributed by atoms with Gasteiger partial charge in [0.05, 0.1) is 0 Å². The Bertz CT molecular complexity index is 582. The molecule has 0 bridgehead atoms. The summed E-state index contributed by atoms with van der Waals surface area (Å²) in [4.78, 5) is 26.2. The minimum atomic E-state index is 0.0386. The van der Waals surface area contributed by atoms with Gasteiger partial charge < -0.3 is 14.8 Å². The van der Waals surface area contributed by atoms with Crippen LogP contribution in [-0.2, 0) is 11.8 Å². The van der Waals surface area contributed by atoms with E-state index in [-0.39, 0.29) is 23.1 Å². The molecule has 5 heteroatoms. The second kappa shape index (κ2) is 5.45. The number of amides is 2. The highest BCUT2D eigenvalue weighted by atomic mass is 16.2. The second-order valence-electron chi connectivity index (χ2n) is 7.08. The third-order valence-corrected chi connectivity index (χ3v) is 5.24. The number of hydrogen-bond acceptors (Lipinski definition) is 2. The predicted octanol–water partition coefficient (Wildman–Crippen LogP) is 1.79. The molecule has 120 valence electrons. The zero-order chi connectivity index (χ0) is 15.9. The van der Waals surface area contributed by atoms with Crippen LogP contribution in [0, 0.1) is 11.3 Å². The lowest BCUT2D eigenvalue weighted by molar-refractivity contribution is -0.124. The second-order valence-corrected chi connectivity index (χ2v) is 7.08. The Kier molecular flexibility index (Phi) is 3.75. The van der Waals surface area contributed by atoms with Gasteiger partial charge in [0, 0.05) is 38.3 Å². The van der Waals surface area contributed by atoms with Crippen molar-refractivity contribution in [3.05, 3.63) is 24.0 Å². The lowest BCUT2D eigenvalue weighted by Crippen LogP contribution is -2.42. The van der Waals surface area contributed by atoms with Gasteiger partial charge in [-0.25, -0.2) is 0 Å². The first kappa shape index (κ1) is 15.1. The van der Waals surface area contributed by atoms with Crippen molar-refractivity contribution in [2.45, 2.75) is 39.2 Å². The van der Waals surface area contributed by atoms with Crippen LogP contribution in [0.15, 0.2) is 18.3 Å². The standard InChI is InChI=1S/C17H25N3O2/c1-12(2)15(21)18-14-11-17(14)6-9-20(10-7-17)16(22)13-5-4-8-19(13)3/h4-5,8,12,14H,6-7,9-11H2,1-3H3,(H,18,21). The normalized spacial score (nSPS) is 22.9. The first-order valence-electron chi connectivity index (χ1n) is 8.14. The molecule has 1 unspecified atom stereocenters. The molecular weight excluding hydrogens is 278 g/mol. The summed E-state index contributed by atoms with van der Waals surface area (Å²) < 4.78 is 1.87. The highest BCUT2D eigenvalue weighted by molar-refractivity contribution is 5.92. The Balaban J connectivity index is 1.55. The molecule has 22 heavy (non-hydrogen) atoms. The summed E-state index contributed by atoms with van der Waals surface area (Å²) in [6, 6.07) is 4.08. The van der Waals surface area contributed by atoms with Crippen LogP contribution in [0.1, 0.15) is 43.6 Å². The molecule has 2 fully saturated rings. The third-order valence-electron chi connectivity index (χ3n) is 5.24. The SMILES string of the molecule is CC(C)C(=O)NC1CC12CCN(C(=O)c1cccn1C)CC2. The average Bonchev–Trinajstić information content (AvgIpc) is 2.94. The van der Waals surface area contributed by atoms with Crippen molar-refractivity contribution in [3.63, 3.8) is 0 Å². The van der Waals surface area contributed by atoms with Crippen molar-refractivity contribution >= 4 is 11.8 Å². The summed E-state index contributed by atoms with van der Waals surface area (Å²) in [5, 5.41) is 3.15. The topological polar surface area (TPSA) is 54.3 Å². The molecule has 1 atom stereocenters. The van der Waals surface area contributed by atoms with Crippen molar-refractivity contribution in [1.29, 1.82) is 0 Å². The average molecular weight is 303 g/mol. The maximum atomic E-state index is 12.5. The minimum absolute atomic E-state index is 0.0386. The fraction of sp³-hybridized carbons (Fsp3) is 0.647. The first-order valence-corrected chi connectivity index (χ1v) is 8.14. The van der Waals surface area contributed by atoms with Crippen LogP contribution in [0.4, 0.5) is 0 Å². The molecule has 3 rings (SSSR count). The van der Waals surface area contributed by atoms with E-state index < -0.39 is 0 Å². The largest absolute Gasteiger partial charge is 0.353 e. The molecule has 1 aliphatic carbocycles. The van der Waals surface area contributed by atoms with Gasteiger partial charge in [-0.15, -0.1) is 0 Å². The fourth-order valence-electron chi connectivity index (χ4n) is 3.44. The summed E-state index contributed by atoms with van der Waals surface area (Å²) in [6.07, 6.45) is 4.95. The van der Waals surface area contributed by atoms with Crippen molar-refractivity contribution < 1.29 is 9.59 Å². The van der Waals surface area contributed by atoms with Crippen molar-refractivity contribution in [3.8, 4) is 0 Å². The molecule has 1 aliphatic heterocycles. The van der Waals surface area contributed by atoms with Gasteiger partial charge in [0.15, 0.2) is 0 Å². The molecule has 1 saturated carbocycles. The van der Waals surface area contributed by atoms with E-state index in [0.29, 0.717) is 6.04 Å². The molecule has 0 aromatic carbocycles. The molecule has 2 aliphatic rings. The molecule has 1 saturated heterocycles. The quantitative estimate of drug-likeness (QED) is 0.925. The van der Waals surface area contributed by atoms with Crippen LogP contribution in [-0.4, -0.2) is 40.4 Å². The number of likely N-dealkylation sites (tertiary alicyclic amines) is 1. The fourth-order valence-corrected chi connectivity index (χ4v) is 3.44. The van der Waals surface area contributed by atoms with E-state index in [1.54, 1.807) is 0 Å². The maximum absolute atomic E-state index is 12.5. The van der Waals surface area contributed by atoms with Crippen LogP contribution >= 0.6 is 0 Å². The number of aryl methyl sites for hydroxylation is 1.